The minimum Gasteiger partial charge on any atom is -0.381 e. The first-order valence-electron chi connectivity index (χ1n) is 8.72. The molecule has 1 aromatic carbocycles. The van der Waals surface area contributed by atoms with Gasteiger partial charge >= 0.3 is 0 Å². The number of nitrogens with one attached hydrogen (secondary N) is 1. The van der Waals surface area contributed by atoms with Crippen molar-refractivity contribution in [3.05, 3.63) is 29.8 Å². The summed E-state index contributed by atoms with van der Waals surface area (Å²) in [6.45, 7) is 3.74. The average molecular weight is 374 g/mol. The SMILES string of the molecule is O=S(=O)(NCC1CCN(C2CCOCC2)CC1)c1cc(F)ccc1F. The third-order valence-electron chi connectivity index (χ3n) is 5.10. The lowest BCUT2D eigenvalue weighted by molar-refractivity contribution is 0.0214. The maximum absolute atomic E-state index is 13.7. The molecule has 1 aromatic rings. The number of hydrogen-bond acceptors (Lipinski definition) is 4. The summed E-state index contributed by atoms with van der Waals surface area (Å²) in [6, 6.07) is 3.01. The molecule has 0 amide bonds. The summed E-state index contributed by atoms with van der Waals surface area (Å²) in [5.41, 5.74) is 0. The van der Waals surface area contributed by atoms with Gasteiger partial charge in [0, 0.05) is 25.8 Å². The molecule has 2 aliphatic rings. The van der Waals surface area contributed by atoms with Gasteiger partial charge in [-0.1, -0.05) is 0 Å². The van der Waals surface area contributed by atoms with E-state index in [2.05, 4.69) is 9.62 Å². The van der Waals surface area contributed by atoms with Crippen molar-refractivity contribution in [1.29, 1.82) is 0 Å². The third-order valence-corrected chi connectivity index (χ3v) is 6.54. The van der Waals surface area contributed by atoms with Crippen molar-refractivity contribution in [3.8, 4) is 0 Å². The highest BCUT2D eigenvalue weighted by Gasteiger charge is 2.28. The first-order chi connectivity index (χ1) is 12.0. The van der Waals surface area contributed by atoms with E-state index in [1.54, 1.807) is 0 Å². The van der Waals surface area contributed by atoms with E-state index in [0.717, 1.165) is 64.1 Å². The number of halogens is 2. The smallest absolute Gasteiger partial charge is 0.243 e. The van der Waals surface area contributed by atoms with Crippen LogP contribution in [0.2, 0.25) is 0 Å². The first-order valence-corrected chi connectivity index (χ1v) is 10.2. The molecular formula is C17H24F2N2O3S. The van der Waals surface area contributed by atoms with Gasteiger partial charge in [-0.2, -0.15) is 0 Å². The zero-order valence-corrected chi connectivity index (χ0v) is 14.9. The van der Waals surface area contributed by atoms with Crippen LogP contribution in [0.4, 0.5) is 8.78 Å². The van der Waals surface area contributed by atoms with E-state index in [9.17, 15) is 17.2 Å². The maximum atomic E-state index is 13.7. The molecule has 25 heavy (non-hydrogen) atoms. The number of likely N-dealkylation sites (tertiary alicyclic amines) is 1. The first kappa shape index (κ1) is 18.7. The lowest BCUT2D eigenvalue weighted by Gasteiger charge is -2.39. The lowest BCUT2D eigenvalue weighted by Crippen LogP contribution is -2.45. The molecule has 5 nitrogen and oxygen atoms in total. The minimum absolute atomic E-state index is 0.211. The molecule has 0 radical (unpaired) electrons. The Morgan fingerprint density at radius 3 is 2.48 bits per heavy atom. The van der Waals surface area contributed by atoms with Crippen molar-refractivity contribution in [2.24, 2.45) is 5.92 Å². The van der Waals surface area contributed by atoms with Gasteiger partial charge in [0.25, 0.3) is 0 Å². The fourth-order valence-electron chi connectivity index (χ4n) is 3.56. The van der Waals surface area contributed by atoms with E-state index in [4.69, 9.17) is 4.74 Å². The number of hydrogen-bond donors (Lipinski definition) is 1. The summed E-state index contributed by atoms with van der Waals surface area (Å²) in [4.78, 5) is 1.83. The highest BCUT2D eigenvalue weighted by atomic mass is 32.2. The molecule has 2 fully saturated rings. The van der Waals surface area contributed by atoms with E-state index in [0.29, 0.717) is 12.1 Å². The normalized spacial score (nSPS) is 21.5. The standard InChI is InChI=1S/C17H24F2N2O3S/c18-14-1-2-16(19)17(11-14)25(22,23)20-12-13-3-7-21(8-4-13)15-5-9-24-10-6-15/h1-2,11,13,15,20H,3-10,12H2. The van der Waals surface area contributed by atoms with Crippen LogP contribution in [0, 0.1) is 17.6 Å². The van der Waals surface area contributed by atoms with E-state index in [1.807, 2.05) is 0 Å². The van der Waals surface area contributed by atoms with Gasteiger partial charge in [0.1, 0.15) is 16.5 Å². The number of piperidine rings is 1. The fourth-order valence-corrected chi connectivity index (χ4v) is 4.76. The van der Waals surface area contributed by atoms with Gasteiger partial charge in [0.15, 0.2) is 0 Å². The predicted molar refractivity (Wildman–Crippen MR) is 89.7 cm³/mol. The second kappa shape index (κ2) is 8.07. The van der Waals surface area contributed by atoms with Crippen LogP contribution in [0.3, 0.4) is 0 Å². The molecule has 8 heteroatoms. The monoisotopic (exact) mass is 374 g/mol. The molecule has 0 aliphatic carbocycles. The van der Waals surface area contributed by atoms with Gasteiger partial charge in [-0.3, -0.25) is 0 Å². The Morgan fingerprint density at radius 1 is 1.12 bits per heavy atom. The Balaban J connectivity index is 1.51. The number of sulfonamides is 1. The fraction of sp³-hybridized carbons (Fsp3) is 0.647. The van der Waals surface area contributed by atoms with Gasteiger partial charge in [0.2, 0.25) is 10.0 Å². The van der Waals surface area contributed by atoms with Gasteiger partial charge in [-0.05, 0) is 62.9 Å². The van der Waals surface area contributed by atoms with Crippen molar-refractivity contribution in [2.75, 3.05) is 32.8 Å². The number of benzene rings is 1. The summed E-state index contributed by atoms with van der Waals surface area (Å²) in [5, 5.41) is 0. The molecule has 0 spiro atoms. The lowest BCUT2D eigenvalue weighted by atomic mass is 9.94. The Morgan fingerprint density at radius 2 is 1.80 bits per heavy atom. The van der Waals surface area contributed by atoms with Crippen LogP contribution >= 0.6 is 0 Å². The van der Waals surface area contributed by atoms with Crippen molar-refractivity contribution >= 4 is 10.0 Å². The van der Waals surface area contributed by atoms with Crippen LogP contribution < -0.4 is 4.72 Å². The molecule has 3 rings (SSSR count). The third kappa shape index (κ3) is 4.75. The number of ether oxygens (including phenoxy) is 1. The van der Waals surface area contributed by atoms with E-state index in [-0.39, 0.29) is 12.5 Å². The molecule has 0 unspecified atom stereocenters. The van der Waals surface area contributed by atoms with Crippen molar-refractivity contribution in [1.82, 2.24) is 9.62 Å². The van der Waals surface area contributed by atoms with Crippen LogP contribution in [-0.2, 0) is 14.8 Å². The molecule has 140 valence electrons. The summed E-state index contributed by atoms with van der Waals surface area (Å²) in [5.74, 6) is -1.50. The Kier molecular flexibility index (Phi) is 6.04. The van der Waals surface area contributed by atoms with E-state index < -0.39 is 26.6 Å². The van der Waals surface area contributed by atoms with Gasteiger partial charge in [-0.25, -0.2) is 21.9 Å². The molecule has 0 saturated carbocycles. The van der Waals surface area contributed by atoms with Gasteiger partial charge in [-0.15, -0.1) is 0 Å². The van der Waals surface area contributed by atoms with Crippen LogP contribution in [-0.4, -0.2) is 52.2 Å². The van der Waals surface area contributed by atoms with Crippen molar-refractivity contribution in [3.63, 3.8) is 0 Å². The topological polar surface area (TPSA) is 58.6 Å². The summed E-state index contributed by atoms with van der Waals surface area (Å²) >= 11 is 0. The molecule has 0 bridgehead atoms. The molecule has 0 atom stereocenters. The second-order valence-corrected chi connectivity index (χ2v) is 8.48. The minimum atomic E-state index is -4.04. The summed E-state index contributed by atoms with van der Waals surface area (Å²) < 4.78 is 59.2. The van der Waals surface area contributed by atoms with Crippen molar-refractivity contribution < 1.29 is 21.9 Å². The molecule has 1 N–H and O–H groups in total. The zero-order valence-electron chi connectivity index (χ0n) is 14.1. The average Bonchev–Trinajstić information content (AvgIpc) is 2.63. The van der Waals surface area contributed by atoms with Crippen LogP contribution in [0.1, 0.15) is 25.7 Å². The Hall–Kier alpha value is -1.09. The maximum Gasteiger partial charge on any atom is 0.243 e. The number of rotatable bonds is 5. The Bertz CT molecular complexity index is 685. The Labute approximate surface area is 147 Å². The summed E-state index contributed by atoms with van der Waals surface area (Å²) in [7, 11) is -4.04. The second-order valence-electron chi connectivity index (χ2n) is 6.75. The quantitative estimate of drug-likeness (QED) is 0.858. The van der Waals surface area contributed by atoms with E-state index in [1.165, 1.54) is 0 Å². The summed E-state index contributed by atoms with van der Waals surface area (Å²) in [6.07, 6.45) is 3.89. The predicted octanol–water partition coefficient (Wildman–Crippen LogP) is 2.13. The molecule has 2 heterocycles. The number of nitrogens with zero attached hydrogens (tertiary/aromatic N) is 1. The van der Waals surface area contributed by atoms with Crippen LogP contribution in [0.25, 0.3) is 0 Å². The van der Waals surface area contributed by atoms with Gasteiger partial charge < -0.3 is 9.64 Å². The van der Waals surface area contributed by atoms with Crippen LogP contribution in [0.15, 0.2) is 23.1 Å². The molecule has 2 saturated heterocycles. The highest BCUT2D eigenvalue weighted by molar-refractivity contribution is 7.89. The largest absolute Gasteiger partial charge is 0.381 e. The van der Waals surface area contributed by atoms with Gasteiger partial charge in [0.05, 0.1) is 0 Å². The zero-order chi connectivity index (χ0) is 17.9. The van der Waals surface area contributed by atoms with E-state index >= 15 is 0 Å². The molecular weight excluding hydrogens is 350 g/mol. The molecule has 0 aromatic heterocycles. The van der Waals surface area contributed by atoms with Crippen LogP contribution in [0.5, 0.6) is 0 Å². The highest BCUT2D eigenvalue weighted by Crippen LogP contribution is 2.23. The van der Waals surface area contributed by atoms with Crippen molar-refractivity contribution in [2.45, 2.75) is 36.6 Å². The molecule has 2 aliphatic heterocycles.